The highest BCUT2D eigenvalue weighted by molar-refractivity contribution is 5.94. The number of pyridine rings is 1. The van der Waals surface area contributed by atoms with Gasteiger partial charge in [0.1, 0.15) is 5.82 Å². The van der Waals surface area contributed by atoms with Gasteiger partial charge in [-0.1, -0.05) is 30.4 Å². The Morgan fingerprint density at radius 1 is 0.963 bits per heavy atom. The van der Waals surface area contributed by atoms with Crippen molar-refractivity contribution in [2.24, 2.45) is 0 Å². The Hall–Kier alpha value is -3.53. The van der Waals surface area contributed by atoms with E-state index in [0.29, 0.717) is 5.82 Å². The van der Waals surface area contributed by atoms with E-state index in [0.717, 1.165) is 40.0 Å². The third-order valence-corrected chi connectivity index (χ3v) is 4.91. The first-order valence-corrected chi connectivity index (χ1v) is 9.02. The molecule has 2 heterocycles. The highest BCUT2D eigenvalue weighted by atomic mass is 15.0. The van der Waals surface area contributed by atoms with Gasteiger partial charge in [0.05, 0.1) is 5.52 Å². The zero-order chi connectivity index (χ0) is 18.2. The number of aromatic nitrogens is 3. The Kier molecular flexibility index (Phi) is 3.68. The number of para-hydroxylation sites is 1. The van der Waals surface area contributed by atoms with Crippen LogP contribution >= 0.6 is 0 Å². The number of nitrogens with one attached hydrogen (secondary N) is 1. The van der Waals surface area contributed by atoms with Gasteiger partial charge in [-0.05, 0) is 60.4 Å². The van der Waals surface area contributed by atoms with Crippen molar-refractivity contribution >= 4 is 28.5 Å². The fourth-order valence-corrected chi connectivity index (χ4v) is 3.48. The maximum absolute atomic E-state index is 4.83. The van der Waals surface area contributed by atoms with Gasteiger partial charge in [-0.25, -0.2) is 9.97 Å². The maximum Gasteiger partial charge on any atom is 0.162 e. The Bertz CT molecular complexity index is 1180. The van der Waals surface area contributed by atoms with Gasteiger partial charge < -0.3 is 5.32 Å². The molecule has 0 aliphatic heterocycles. The lowest BCUT2D eigenvalue weighted by Crippen LogP contribution is -2.01. The Morgan fingerprint density at radius 2 is 1.85 bits per heavy atom. The van der Waals surface area contributed by atoms with Gasteiger partial charge in [0.2, 0.25) is 0 Å². The molecule has 0 spiro atoms. The standard InChI is InChI=1S/C23H18N4/c1-15-4-2-7-20-21(15)26-22(17-10-12-24-13-11-17)27-23(20)25-19-9-8-16-5-3-6-18(16)14-19/h2-4,6-14H,5H2,1H3,(H,25,26,27). The van der Waals surface area contributed by atoms with E-state index < -0.39 is 0 Å². The highest BCUT2D eigenvalue weighted by Gasteiger charge is 2.12. The predicted molar refractivity (Wildman–Crippen MR) is 110 cm³/mol. The van der Waals surface area contributed by atoms with Crippen molar-refractivity contribution in [3.05, 3.63) is 83.7 Å². The number of allylic oxidation sites excluding steroid dienone is 1. The number of benzene rings is 2. The zero-order valence-electron chi connectivity index (χ0n) is 15.0. The molecule has 4 heteroatoms. The molecule has 130 valence electrons. The molecular formula is C23H18N4. The lowest BCUT2D eigenvalue weighted by Gasteiger charge is -2.13. The van der Waals surface area contributed by atoms with Gasteiger partial charge in [0, 0.05) is 29.0 Å². The van der Waals surface area contributed by atoms with Gasteiger partial charge >= 0.3 is 0 Å². The minimum Gasteiger partial charge on any atom is -0.340 e. The second-order valence-corrected chi connectivity index (χ2v) is 6.75. The van der Waals surface area contributed by atoms with Gasteiger partial charge in [-0.3, -0.25) is 4.98 Å². The minimum atomic E-state index is 0.697. The van der Waals surface area contributed by atoms with Crippen LogP contribution in [0.1, 0.15) is 16.7 Å². The van der Waals surface area contributed by atoms with E-state index in [9.17, 15) is 0 Å². The molecule has 0 radical (unpaired) electrons. The van der Waals surface area contributed by atoms with Crippen molar-refractivity contribution in [1.29, 1.82) is 0 Å². The van der Waals surface area contributed by atoms with E-state index in [2.05, 4.69) is 59.7 Å². The molecule has 5 rings (SSSR count). The molecule has 2 aromatic carbocycles. The molecular weight excluding hydrogens is 332 g/mol. The van der Waals surface area contributed by atoms with Gasteiger partial charge in [-0.2, -0.15) is 0 Å². The first-order valence-electron chi connectivity index (χ1n) is 9.02. The van der Waals surface area contributed by atoms with Gasteiger partial charge in [-0.15, -0.1) is 0 Å². The van der Waals surface area contributed by atoms with Gasteiger partial charge in [0.25, 0.3) is 0 Å². The lowest BCUT2D eigenvalue weighted by molar-refractivity contribution is 1.20. The van der Waals surface area contributed by atoms with Crippen LogP contribution in [0.2, 0.25) is 0 Å². The largest absolute Gasteiger partial charge is 0.340 e. The molecule has 2 aromatic heterocycles. The third kappa shape index (κ3) is 2.85. The molecule has 0 atom stereocenters. The molecule has 4 aromatic rings. The van der Waals surface area contributed by atoms with Crippen LogP contribution in [0.25, 0.3) is 28.4 Å². The monoisotopic (exact) mass is 350 g/mol. The molecule has 0 saturated heterocycles. The van der Waals surface area contributed by atoms with Crippen LogP contribution in [0.5, 0.6) is 0 Å². The average molecular weight is 350 g/mol. The summed E-state index contributed by atoms with van der Waals surface area (Å²) in [6, 6.07) is 16.5. The topological polar surface area (TPSA) is 50.7 Å². The van der Waals surface area contributed by atoms with Crippen molar-refractivity contribution in [2.45, 2.75) is 13.3 Å². The summed E-state index contributed by atoms with van der Waals surface area (Å²) in [5.74, 6) is 1.51. The van der Waals surface area contributed by atoms with Crippen LogP contribution in [-0.2, 0) is 6.42 Å². The number of aryl methyl sites for hydroxylation is 1. The van der Waals surface area contributed by atoms with Crippen molar-refractivity contribution in [3.8, 4) is 11.4 Å². The summed E-state index contributed by atoms with van der Waals surface area (Å²) < 4.78 is 0. The van der Waals surface area contributed by atoms with E-state index in [4.69, 9.17) is 9.97 Å². The van der Waals surface area contributed by atoms with Crippen LogP contribution in [-0.4, -0.2) is 15.0 Å². The highest BCUT2D eigenvalue weighted by Crippen LogP contribution is 2.30. The van der Waals surface area contributed by atoms with Crippen molar-refractivity contribution in [2.75, 3.05) is 5.32 Å². The smallest absolute Gasteiger partial charge is 0.162 e. The fraction of sp³-hybridized carbons (Fsp3) is 0.0870. The predicted octanol–water partition coefficient (Wildman–Crippen LogP) is 5.31. The molecule has 27 heavy (non-hydrogen) atoms. The molecule has 1 aliphatic carbocycles. The third-order valence-electron chi connectivity index (χ3n) is 4.91. The van der Waals surface area contributed by atoms with E-state index in [1.54, 1.807) is 12.4 Å². The Labute approximate surface area is 157 Å². The summed E-state index contributed by atoms with van der Waals surface area (Å²) in [4.78, 5) is 13.7. The number of hydrogen-bond donors (Lipinski definition) is 1. The molecule has 0 unspecified atom stereocenters. The molecule has 0 saturated carbocycles. The second-order valence-electron chi connectivity index (χ2n) is 6.75. The van der Waals surface area contributed by atoms with Crippen LogP contribution in [0.4, 0.5) is 11.5 Å². The summed E-state index contributed by atoms with van der Waals surface area (Å²) in [6.07, 6.45) is 8.91. The molecule has 1 aliphatic rings. The summed E-state index contributed by atoms with van der Waals surface area (Å²) >= 11 is 0. The van der Waals surface area contributed by atoms with E-state index in [1.807, 2.05) is 18.2 Å². The lowest BCUT2D eigenvalue weighted by atomic mass is 10.1. The van der Waals surface area contributed by atoms with Gasteiger partial charge in [0.15, 0.2) is 5.82 Å². The number of fused-ring (bicyclic) bond motifs is 2. The van der Waals surface area contributed by atoms with E-state index >= 15 is 0 Å². The summed E-state index contributed by atoms with van der Waals surface area (Å²) in [5.41, 5.74) is 6.70. The number of rotatable bonds is 3. The van der Waals surface area contributed by atoms with E-state index in [-0.39, 0.29) is 0 Å². The number of hydrogen-bond acceptors (Lipinski definition) is 4. The maximum atomic E-state index is 4.83. The van der Waals surface area contributed by atoms with Crippen molar-refractivity contribution in [3.63, 3.8) is 0 Å². The van der Waals surface area contributed by atoms with Crippen molar-refractivity contribution < 1.29 is 0 Å². The number of anilines is 2. The molecule has 0 bridgehead atoms. The molecule has 0 amide bonds. The SMILES string of the molecule is Cc1cccc2c(Nc3ccc4c(c3)C=CC4)nc(-c3ccncc3)nc12. The minimum absolute atomic E-state index is 0.697. The van der Waals surface area contributed by atoms with Crippen LogP contribution in [0.3, 0.4) is 0 Å². The summed E-state index contributed by atoms with van der Waals surface area (Å²) in [5, 5.41) is 4.53. The first kappa shape index (κ1) is 15.7. The zero-order valence-corrected chi connectivity index (χ0v) is 15.0. The average Bonchev–Trinajstić information content (AvgIpc) is 3.17. The van der Waals surface area contributed by atoms with E-state index in [1.165, 1.54) is 11.1 Å². The van der Waals surface area contributed by atoms with Crippen LogP contribution in [0, 0.1) is 6.92 Å². The van der Waals surface area contributed by atoms with Crippen LogP contribution < -0.4 is 5.32 Å². The second kappa shape index (κ2) is 6.32. The normalized spacial score (nSPS) is 12.3. The summed E-state index contributed by atoms with van der Waals surface area (Å²) in [6.45, 7) is 2.08. The molecule has 1 N–H and O–H groups in total. The molecule has 0 fully saturated rings. The first-order chi connectivity index (χ1) is 13.3. The fourth-order valence-electron chi connectivity index (χ4n) is 3.48. The Balaban J connectivity index is 1.66. The van der Waals surface area contributed by atoms with Crippen molar-refractivity contribution in [1.82, 2.24) is 15.0 Å². The Morgan fingerprint density at radius 3 is 2.74 bits per heavy atom. The van der Waals surface area contributed by atoms with Crippen LogP contribution in [0.15, 0.2) is 67.0 Å². The summed E-state index contributed by atoms with van der Waals surface area (Å²) in [7, 11) is 0. The molecule has 4 nitrogen and oxygen atoms in total. The number of nitrogens with zero attached hydrogens (tertiary/aromatic N) is 3. The quantitative estimate of drug-likeness (QED) is 0.544.